The van der Waals surface area contributed by atoms with E-state index in [2.05, 4.69) is 19.2 Å². The number of benzene rings is 1. The number of ether oxygens (including phenoxy) is 1. The van der Waals surface area contributed by atoms with Crippen LogP contribution in [-0.2, 0) is 14.8 Å². The van der Waals surface area contributed by atoms with Gasteiger partial charge in [0.15, 0.2) is 0 Å². The highest BCUT2D eigenvalue weighted by molar-refractivity contribution is 7.89. The van der Waals surface area contributed by atoms with Crippen LogP contribution in [0, 0.1) is 0 Å². The van der Waals surface area contributed by atoms with Crippen LogP contribution in [0.2, 0.25) is 0 Å². The monoisotopic (exact) mass is 314 g/mol. The largest absolute Gasteiger partial charge is 0.383 e. The van der Waals surface area contributed by atoms with Crippen LogP contribution in [0.25, 0.3) is 0 Å². The molecule has 0 aliphatic carbocycles. The van der Waals surface area contributed by atoms with Crippen LogP contribution >= 0.6 is 0 Å². The summed E-state index contributed by atoms with van der Waals surface area (Å²) in [6, 6.07) is 7.44. The minimum absolute atomic E-state index is 0.140. The van der Waals surface area contributed by atoms with Crippen molar-refractivity contribution in [2.75, 3.05) is 27.8 Å². The smallest absolute Gasteiger partial charge is 0.242 e. The van der Waals surface area contributed by atoms with Gasteiger partial charge in [-0.05, 0) is 31.0 Å². The third-order valence-electron chi connectivity index (χ3n) is 3.51. The summed E-state index contributed by atoms with van der Waals surface area (Å²) < 4.78 is 30.4. The van der Waals surface area contributed by atoms with E-state index in [9.17, 15) is 8.42 Å². The molecule has 1 rings (SSSR count). The molecule has 0 spiro atoms. The molecule has 0 aromatic heterocycles. The number of rotatable bonds is 8. The van der Waals surface area contributed by atoms with Crippen LogP contribution in [0.4, 0.5) is 0 Å². The van der Waals surface area contributed by atoms with E-state index in [4.69, 9.17) is 4.74 Å². The Balaban J connectivity index is 2.83. The zero-order valence-electron chi connectivity index (χ0n) is 13.5. The number of hydrogen-bond donors (Lipinski definition) is 1. The van der Waals surface area contributed by atoms with Crippen molar-refractivity contribution in [1.29, 1.82) is 0 Å². The Bertz CT molecular complexity index is 526. The van der Waals surface area contributed by atoms with E-state index in [1.54, 1.807) is 19.2 Å². The summed E-state index contributed by atoms with van der Waals surface area (Å²) >= 11 is 0. The average molecular weight is 314 g/mol. The minimum atomic E-state index is -3.36. The van der Waals surface area contributed by atoms with Gasteiger partial charge >= 0.3 is 0 Å². The van der Waals surface area contributed by atoms with E-state index in [-0.39, 0.29) is 12.1 Å². The first kappa shape index (κ1) is 18.1. The lowest BCUT2D eigenvalue weighted by Crippen LogP contribution is -2.34. The Morgan fingerprint density at radius 1 is 1.24 bits per heavy atom. The Morgan fingerprint density at radius 3 is 2.24 bits per heavy atom. The van der Waals surface area contributed by atoms with Crippen LogP contribution in [0.1, 0.15) is 31.9 Å². The predicted octanol–water partition coefficient (Wildman–Crippen LogP) is 2.01. The van der Waals surface area contributed by atoms with Crippen LogP contribution in [0.3, 0.4) is 0 Å². The lowest BCUT2D eigenvalue weighted by molar-refractivity contribution is 0.159. The molecule has 2 atom stereocenters. The number of nitrogens with zero attached hydrogens (tertiary/aromatic N) is 1. The Labute approximate surface area is 128 Å². The zero-order valence-corrected chi connectivity index (χ0v) is 14.3. The van der Waals surface area contributed by atoms with Crippen molar-refractivity contribution in [3.05, 3.63) is 29.8 Å². The number of sulfonamides is 1. The SMILES string of the molecule is CCC(COC)NC(C)c1ccc(S(=O)(=O)N(C)C)cc1. The van der Waals surface area contributed by atoms with Crippen molar-refractivity contribution >= 4 is 10.0 Å². The Kier molecular flexibility index (Phi) is 6.80. The summed E-state index contributed by atoms with van der Waals surface area (Å²) in [7, 11) is 1.39. The summed E-state index contributed by atoms with van der Waals surface area (Å²) in [6.45, 7) is 4.83. The van der Waals surface area contributed by atoms with E-state index in [1.165, 1.54) is 18.4 Å². The van der Waals surface area contributed by atoms with E-state index < -0.39 is 10.0 Å². The molecule has 0 aliphatic rings. The summed E-state index contributed by atoms with van der Waals surface area (Å²) in [5.74, 6) is 0. The first-order chi connectivity index (χ1) is 9.82. The number of methoxy groups -OCH3 is 1. The van der Waals surface area contributed by atoms with Crippen molar-refractivity contribution in [3.8, 4) is 0 Å². The molecule has 5 nitrogen and oxygen atoms in total. The highest BCUT2D eigenvalue weighted by Crippen LogP contribution is 2.18. The molecule has 0 bridgehead atoms. The molecular formula is C15H26N2O3S. The van der Waals surface area contributed by atoms with Gasteiger partial charge in [-0.25, -0.2) is 12.7 Å². The molecule has 0 radical (unpaired) electrons. The van der Waals surface area contributed by atoms with Gasteiger partial charge in [0.05, 0.1) is 11.5 Å². The average Bonchev–Trinajstić information content (AvgIpc) is 2.46. The fourth-order valence-corrected chi connectivity index (χ4v) is 2.98. The number of nitrogens with one attached hydrogen (secondary N) is 1. The molecular weight excluding hydrogens is 288 g/mol. The molecule has 120 valence electrons. The van der Waals surface area contributed by atoms with Gasteiger partial charge in [0.2, 0.25) is 10.0 Å². The third kappa shape index (κ3) is 4.78. The highest BCUT2D eigenvalue weighted by Gasteiger charge is 2.18. The van der Waals surface area contributed by atoms with Gasteiger partial charge in [-0.1, -0.05) is 19.1 Å². The standard InChI is InChI=1S/C15H26N2O3S/c1-6-14(11-20-5)16-12(2)13-7-9-15(10-8-13)21(18,19)17(3)4/h7-10,12,14,16H,6,11H2,1-5H3. The van der Waals surface area contributed by atoms with Gasteiger partial charge in [-0.2, -0.15) is 0 Å². The molecule has 0 saturated carbocycles. The summed E-state index contributed by atoms with van der Waals surface area (Å²) in [6.07, 6.45) is 0.977. The zero-order chi connectivity index (χ0) is 16.0. The summed E-state index contributed by atoms with van der Waals surface area (Å²) in [4.78, 5) is 0.312. The molecule has 2 unspecified atom stereocenters. The molecule has 21 heavy (non-hydrogen) atoms. The van der Waals surface area contributed by atoms with Gasteiger partial charge in [-0.15, -0.1) is 0 Å². The highest BCUT2D eigenvalue weighted by atomic mass is 32.2. The van der Waals surface area contributed by atoms with E-state index >= 15 is 0 Å². The fraction of sp³-hybridized carbons (Fsp3) is 0.600. The van der Waals surface area contributed by atoms with Crippen LogP contribution in [-0.4, -0.2) is 46.6 Å². The first-order valence-electron chi connectivity index (χ1n) is 7.10. The van der Waals surface area contributed by atoms with Gasteiger partial charge in [0.25, 0.3) is 0 Å². The van der Waals surface area contributed by atoms with Crippen molar-refractivity contribution in [2.45, 2.75) is 37.2 Å². The van der Waals surface area contributed by atoms with Gasteiger partial charge in [0, 0.05) is 33.3 Å². The maximum Gasteiger partial charge on any atom is 0.242 e. The second-order valence-corrected chi connectivity index (χ2v) is 7.46. The topological polar surface area (TPSA) is 58.6 Å². The summed E-state index contributed by atoms with van der Waals surface area (Å²) in [5.41, 5.74) is 1.06. The molecule has 1 N–H and O–H groups in total. The predicted molar refractivity (Wildman–Crippen MR) is 84.8 cm³/mol. The molecule has 0 fully saturated rings. The van der Waals surface area contributed by atoms with Gasteiger partial charge in [-0.3, -0.25) is 0 Å². The minimum Gasteiger partial charge on any atom is -0.383 e. The molecule has 1 aromatic rings. The van der Waals surface area contributed by atoms with Crippen LogP contribution in [0.15, 0.2) is 29.2 Å². The second kappa shape index (κ2) is 7.89. The van der Waals surface area contributed by atoms with Crippen molar-refractivity contribution in [3.63, 3.8) is 0 Å². The maximum atomic E-state index is 12.0. The normalized spacial score (nSPS) is 15.1. The molecule has 0 amide bonds. The molecule has 0 aliphatic heterocycles. The quantitative estimate of drug-likeness (QED) is 0.797. The van der Waals surface area contributed by atoms with Crippen molar-refractivity contribution < 1.29 is 13.2 Å². The second-order valence-electron chi connectivity index (χ2n) is 5.31. The molecule has 1 aromatic carbocycles. The Morgan fingerprint density at radius 2 is 1.81 bits per heavy atom. The Hall–Kier alpha value is -0.950. The van der Waals surface area contributed by atoms with Gasteiger partial charge < -0.3 is 10.1 Å². The lowest BCUT2D eigenvalue weighted by atomic mass is 10.1. The maximum absolute atomic E-state index is 12.0. The molecule has 6 heteroatoms. The van der Waals surface area contributed by atoms with Crippen molar-refractivity contribution in [1.82, 2.24) is 9.62 Å². The van der Waals surface area contributed by atoms with Crippen molar-refractivity contribution in [2.24, 2.45) is 0 Å². The third-order valence-corrected chi connectivity index (χ3v) is 5.33. The molecule has 0 saturated heterocycles. The van der Waals surface area contributed by atoms with Gasteiger partial charge in [0.1, 0.15) is 0 Å². The fourth-order valence-electron chi connectivity index (χ4n) is 2.07. The van der Waals surface area contributed by atoms with E-state index in [1.807, 2.05) is 12.1 Å². The van der Waals surface area contributed by atoms with E-state index in [0.717, 1.165) is 12.0 Å². The lowest BCUT2D eigenvalue weighted by Gasteiger charge is -2.22. The van der Waals surface area contributed by atoms with E-state index in [0.29, 0.717) is 11.5 Å². The number of hydrogen-bond acceptors (Lipinski definition) is 4. The molecule has 0 heterocycles. The summed E-state index contributed by atoms with van der Waals surface area (Å²) in [5, 5.41) is 3.48. The first-order valence-corrected chi connectivity index (χ1v) is 8.54. The van der Waals surface area contributed by atoms with Crippen LogP contribution < -0.4 is 5.32 Å². The van der Waals surface area contributed by atoms with Crippen LogP contribution in [0.5, 0.6) is 0 Å².